The number of nitrogens with zero attached hydrogens (tertiary/aromatic N) is 1. The predicted octanol–water partition coefficient (Wildman–Crippen LogP) is 3.91. The lowest BCUT2D eigenvalue weighted by atomic mass is 9.94. The Labute approximate surface area is 156 Å². The summed E-state index contributed by atoms with van der Waals surface area (Å²) in [6.07, 6.45) is 1.76. The lowest BCUT2D eigenvalue weighted by molar-refractivity contribution is -0.135. The number of halogens is 1. The number of Topliss-reactive ketones (excluding diaryl/α,β-unsaturated/α-hetero) is 1. The molecule has 134 valence electrons. The Kier molecular flexibility index (Phi) is 5.28. The van der Waals surface area contributed by atoms with Crippen molar-refractivity contribution >= 4 is 35.1 Å². The quantitative estimate of drug-likeness (QED) is 0.807. The summed E-state index contributed by atoms with van der Waals surface area (Å²) in [6.45, 7) is 2.33. The summed E-state index contributed by atoms with van der Waals surface area (Å²) in [7, 11) is 0. The Morgan fingerprint density at radius 3 is 2.77 bits per heavy atom. The fraction of sp³-hybridized carbons (Fsp3) is 0.200. The van der Waals surface area contributed by atoms with Gasteiger partial charge in [-0.15, -0.1) is 0 Å². The van der Waals surface area contributed by atoms with Gasteiger partial charge in [0.2, 0.25) is 0 Å². The molecule has 1 N–H and O–H groups in total. The van der Waals surface area contributed by atoms with Crippen molar-refractivity contribution in [3.05, 3.63) is 64.2 Å². The Balaban J connectivity index is 2.07. The third-order valence-electron chi connectivity index (χ3n) is 4.08. The van der Waals surface area contributed by atoms with Gasteiger partial charge >= 0.3 is 5.97 Å². The summed E-state index contributed by atoms with van der Waals surface area (Å²) >= 11 is 6.23. The summed E-state index contributed by atoms with van der Waals surface area (Å²) in [5.41, 5.74) is 2.15. The van der Waals surface area contributed by atoms with Gasteiger partial charge in [-0.25, -0.2) is 0 Å². The molecule has 0 unspecified atom stereocenters. The Bertz CT molecular complexity index is 891. The van der Waals surface area contributed by atoms with E-state index in [1.165, 1.54) is 0 Å². The van der Waals surface area contributed by atoms with Crippen molar-refractivity contribution < 1.29 is 19.4 Å². The van der Waals surface area contributed by atoms with Gasteiger partial charge in [0.05, 0.1) is 17.3 Å². The average Bonchev–Trinajstić information content (AvgIpc) is 2.60. The largest absolute Gasteiger partial charge is 0.493 e. The van der Waals surface area contributed by atoms with E-state index in [9.17, 15) is 14.7 Å². The molecule has 0 saturated carbocycles. The number of carbonyl (C=O) groups is 2. The van der Waals surface area contributed by atoms with Gasteiger partial charge < -0.3 is 14.7 Å². The molecule has 3 rings (SSSR count). The summed E-state index contributed by atoms with van der Waals surface area (Å²) < 4.78 is 5.61. The molecule has 2 aromatic carbocycles. The second-order valence-corrected chi connectivity index (χ2v) is 6.26. The Morgan fingerprint density at radius 2 is 2.04 bits per heavy atom. The van der Waals surface area contributed by atoms with E-state index in [2.05, 4.69) is 0 Å². The average molecular weight is 372 g/mol. The third-order valence-corrected chi connectivity index (χ3v) is 4.38. The lowest BCUT2D eigenvalue weighted by Crippen LogP contribution is -2.38. The zero-order chi connectivity index (χ0) is 18.7. The molecule has 1 heterocycles. The monoisotopic (exact) mass is 371 g/mol. The molecule has 0 saturated heterocycles. The van der Waals surface area contributed by atoms with Crippen LogP contribution in [0.4, 0.5) is 5.69 Å². The second-order valence-electron chi connectivity index (χ2n) is 5.86. The Morgan fingerprint density at radius 1 is 1.27 bits per heavy atom. The maximum Gasteiger partial charge on any atom is 0.323 e. The number of hydrogen-bond acceptors (Lipinski definition) is 4. The van der Waals surface area contributed by atoms with Crippen LogP contribution in [0.5, 0.6) is 5.75 Å². The fourth-order valence-corrected chi connectivity index (χ4v) is 3.33. The minimum Gasteiger partial charge on any atom is -0.493 e. The number of ketones is 1. The lowest BCUT2D eigenvalue weighted by Gasteiger charge is -2.31. The number of benzene rings is 2. The predicted molar refractivity (Wildman–Crippen MR) is 101 cm³/mol. The van der Waals surface area contributed by atoms with Gasteiger partial charge in [0, 0.05) is 23.2 Å². The van der Waals surface area contributed by atoms with E-state index >= 15 is 0 Å². The Hall–Kier alpha value is -2.79. The highest BCUT2D eigenvalue weighted by molar-refractivity contribution is 6.35. The molecule has 0 aliphatic carbocycles. The molecule has 0 spiro atoms. The number of fused-ring (bicyclic) bond motifs is 1. The van der Waals surface area contributed by atoms with Crippen LogP contribution in [0.1, 0.15) is 22.8 Å². The number of ether oxygens (including phenoxy) is 1. The first-order valence-electron chi connectivity index (χ1n) is 8.23. The molecule has 1 aliphatic rings. The number of carboxylic acid groups (broad SMARTS) is 1. The number of rotatable bonds is 5. The van der Waals surface area contributed by atoms with Crippen LogP contribution in [0.15, 0.2) is 48.0 Å². The number of carbonyl (C=O) groups excluding carboxylic acids is 1. The van der Waals surface area contributed by atoms with Gasteiger partial charge in [0.15, 0.2) is 5.78 Å². The minimum absolute atomic E-state index is 0.157. The second kappa shape index (κ2) is 7.62. The van der Waals surface area contributed by atoms with E-state index in [1.807, 2.05) is 31.2 Å². The third kappa shape index (κ3) is 3.58. The van der Waals surface area contributed by atoms with Crippen molar-refractivity contribution in [1.82, 2.24) is 0 Å². The van der Waals surface area contributed by atoms with E-state index < -0.39 is 5.97 Å². The standard InChI is InChI=1S/C20H18ClNO4/c1-2-26-17-9-4-3-6-13(17)10-14-11-22(12-18(23)24)19-15(20(14)25)7-5-8-16(19)21/h3-10H,2,11-12H2,1H3,(H,23,24)/b14-10+. The van der Waals surface area contributed by atoms with Crippen molar-refractivity contribution in [2.45, 2.75) is 6.92 Å². The van der Waals surface area contributed by atoms with E-state index in [-0.39, 0.29) is 18.9 Å². The molecule has 6 heteroatoms. The summed E-state index contributed by atoms with van der Waals surface area (Å²) in [5.74, 6) is -0.466. The van der Waals surface area contributed by atoms with Gasteiger partial charge in [-0.2, -0.15) is 0 Å². The van der Waals surface area contributed by atoms with Gasteiger partial charge in [-0.05, 0) is 31.2 Å². The number of hydrogen-bond donors (Lipinski definition) is 1. The van der Waals surface area contributed by atoms with Crippen LogP contribution in [-0.4, -0.2) is 36.6 Å². The van der Waals surface area contributed by atoms with Crippen molar-refractivity contribution in [1.29, 1.82) is 0 Å². The van der Waals surface area contributed by atoms with E-state index in [4.69, 9.17) is 16.3 Å². The van der Waals surface area contributed by atoms with Crippen LogP contribution in [0, 0.1) is 0 Å². The summed E-state index contributed by atoms with van der Waals surface area (Å²) in [4.78, 5) is 25.8. The first-order valence-corrected chi connectivity index (χ1v) is 8.61. The van der Waals surface area contributed by atoms with E-state index in [0.717, 1.165) is 5.56 Å². The number of anilines is 1. The topological polar surface area (TPSA) is 66.8 Å². The molecule has 5 nitrogen and oxygen atoms in total. The molecule has 0 fully saturated rings. The normalized spacial score (nSPS) is 15.1. The van der Waals surface area contributed by atoms with Crippen molar-refractivity contribution in [3.63, 3.8) is 0 Å². The summed E-state index contributed by atoms with van der Waals surface area (Å²) in [6, 6.07) is 12.4. The van der Waals surface area contributed by atoms with Crippen molar-refractivity contribution in [3.8, 4) is 5.75 Å². The zero-order valence-electron chi connectivity index (χ0n) is 14.2. The van der Waals surface area contributed by atoms with Crippen LogP contribution >= 0.6 is 11.6 Å². The first-order chi connectivity index (χ1) is 12.5. The van der Waals surface area contributed by atoms with E-state index in [1.54, 1.807) is 29.2 Å². The van der Waals surface area contributed by atoms with Crippen molar-refractivity contribution in [2.24, 2.45) is 0 Å². The number of carboxylic acids is 1. The highest BCUT2D eigenvalue weighted by atomic mass is 35.5. The summed E-state index contributed by atoms with van der Waals surface area (Å²) in [5, 5.41) is 9.60. The van der Waals surface area contributed by atoms with E-state index in [0.29, 0.717) is 34.2 Å². The first kappa shape index (κ1) is 18.0. The molecule has 26 heavy (non-hydrogen) atoms. The van der Waals surface area contributed by atoms with Gasteiger partial charge in [0.25, 0.3) is 0 Å². The number of aliphatic carboxylic acids is 1. The van der Waals surface area contributed by atoms with Gasteiger partial charge in [-0.1, -0.05) is 35.9 Å². The highest BCUT2D eigenvalue weighted by Gasteiger charge is 2.30. The van der Waals surface area contributed by atoms with Crippen LogP contribution in [0.2, 0.25) is 5.02 Å². The highest BCUT2D eigenvalue weighted by Crippen LogP contribution is 2.36. The molecule has 1 aliphatic heterocycles. The van der Waals surface area contributed by atoms with Gasteiger partial charge in [0.1, 0.15) is 12.3 Å². The van der Waals surface area contributed by atoms with Crippen LogP contribution in [-0.2, 0) is 4.79 Å². The molecule has 0 bridgehead atoms. The zero-order valence-corrected chi connectivity index (χ0v) is 15.0. The molecule has 0 radical (unpaired) electrons. The molecule has 2 aromatic rings. The molecular formula is C20H18ClNO4. The van der Waals surface area contributed by atoms with Crippen LogP contribution < -0.4 is 9.64 Å². The molecule has 0 aromatic heterocycles. The SMILES string of the molecule is CCOc1ccccc1/C=C1\CN(CC(=O)O)c2c(Cl)cccc2C1=O. The van der Waals surface area contributed by atoms with Crippen LogP contribution in [0.3, 0.4) is 0 Å². The smallest absolute Gasteiger partial charge is 0.323 e. The van der Waals surface area contributed by atoms with Gasteiger partial charge in [-0.3, -0.25) is 9.59 Å². The number of para-hydroxylation sites is 2. The van der Waals surface area contributed by atoms with Crippen molar-refractivity contribution in [2.75, 3.05) is 24.6 Å². The molecule has 0 amide bonds. The van der Waals surface area contributed by atoms with Crippen LogP contribution in [0.25, 0.3) is 6.08 Å². The molecule has 0 atom stereocenters. The maximum absolute atomic E-state index is 12.9. The minimum atomic E-state index is -0.987. The fourth-order valence-electron chi connectivity index (χ4n) is 3.03. The maximum atomic E-state index is 12.9. The molecular weight excluding hydrogens is 354 g/mol.